The largest absolute Gasteiger partial charge is 0.399 e. The summed E-state index contributed by atoms with van der Waals surface area (Å²) >= 11 is 3.17. The van der Waals surface area contributed by atoms with Crippen molar-refractivity contribution < 1.29 is 17.9 Å². The van der Waals surface area contributed by atoms with E-state index in [1.54, 1.807) is 66.7 Å². The lowest BCUT2D eigenvalue weighted by atomic mass is 9.98. The predicted octanol–water partition coefficient (Wildman–Crippen LogP) is 12.2. The van der Waals surface area contributed by atoms with Gasteiger partial charge >= 0.3 is 0 Å². The van der Waals surface area contributed by atoms with Crippen molar-refractivity contribution in [2.45, 2.75) is 26.2 Å². The van der Waals surface area contributed by atoms with Crippen molar-refractivity contribution in [2.75, 3.05) is 5.73 Å². The third-order valence-electron chi connectivity index (χ3n) is 12.1. The van der Waals surface area contributed by atoms with Gasteiger partial charge in [-0.1, -0.05) is 115 Å². The Kier molecular flexibility index (Phi) is 17.2. The normalized spacial score (nSPS) is 10.7. The van der Waals surface area contributed by atoms with Crippen LogP contribution in [-0.2, 0) is 19.3 Å². The number of hydrogen-bond acceptors (Lipinski definition) is 7. The van der Waals surface area contributed by atoms with Crippen LogP contribution in [0.2, 0.25) is 0 Å². The van der Waals surface area contributed by atoms with Crippen molar-refractivity contribution >= 4 is 63.8 Å². The molecule has 0 saturated carbocycles. The van der Waals surface area contributed by atoms with Gasteiger partial charge in [-0.3, -0.25) is 19.1 Å². The van der Waals surface area contributed by atoms with Gasteiger partial charge in [0.1, 0.15) is 17.5 Å². The van der Waals surface area contributed by atoms with E-state index in [0.29, 0.717) is 56.7 Å². The molecule has 0 amide bonds. The first-order valence-electron chi connectivity index (χ1n) is 22.7. The monoisotopic (exact) mass is 1080 g/mol. The zero-order valence-corrected chi connectivity index (χ0v) is 42.6. The van der Waals surface area contributed by atoms with Crippen molar-refractivity contribution in [3.05, 3.63) is 268 Å². The summed E-state index contributed by atoms with van der Waals surface area (Å²) in [6.07, 6.45) is 1.52. The van der Waals surface area contributed by atoms with Gasteiger partial charge in [0.05, 0.1) is 37.7 Å². The second-order valence-corrected chi connectivity index (χ2v) is 17.9. The molecule has 8 aromatic carbocycles. The molecule has 0 bridgehead atoms. The first-order chi connectivity index (χ1) is 34.9. The Hall–Kier alpha value is -8.39. The zero-order chi connectivity index (χ0) is 50.3. The first-order valence-corrected chi connectivity index (χ1v) is 23.5. The molecule has 3 heterocycles. The van der Waals surface area contributed by atoms with Crippen LogP contribution in [0.25, 0.3) is 54.6 Å². The maximum Gasteiger partial charge on any atom is 0.272 e. The van der Waals surface area contributed by atoms with Gasteiger partial charge in [0.2, 0.25) is 0 Å². The Balaban J connectivity index is 0.000000162. The first kappa shape index (κ1) is 53.4. The van der Waals surface area contributed by atoms with E-state index in [9.17, 15) is 27.6 Å². The molecule has 16 heteroatoms. The van der Waals surface area contributed by atoms with Gasteiger partial charge in [-0.05, 0) is 117 Å². The maximum atomic E-state index is 14.3. The van der Waals surface area contributed by atoms with Crippen LogP contribution in [-0.4, -0.2) is 30.6 Å². The average molecular weight is 1080 g/mol. The Morgan fingerprint density at radius 3 is 1.14 bits per heavy atom. The minimum absolute atomic E-state index is 0. The third kappa shape index (κ3) is 12.3. The van der Waals surface area contributed by atoms with Gasteiger partial charge < -0.3 is 5.73 Å². The molecule has 372 valence electrons. The number of hydrogen-bond donors (Lipinski definition) is 4. The van der Waals surface area contributed by atoms with Crippen molar-refractivity contribution in [1.29, 1.82) is 0 Å². The fourth-order valence-electron chi connectivity index (χ4n) is 8.35. The molecule has 1 unspecified atom stereocenters. The highest BCUT2D eigenvalue weighted by Gasteiger charge is 2.13. The van der Waals surface area contributed by atoms with E-state index in [-0.39, 0.29) is 48.7 Å². The number of aryl methyl sites for hydroxylation is 1. The Labute approximate surface area is 432 Å². The Morgan fingerprint density at radius 2 is 0.770 bits per heavy atom. The molecule has 5 N–H and O–H groups in total. The second kappa shape index (κ2) is 23.9. The number of nitrogen functional groups attached to an aromatic ring is 1. The van der Waals surface area contributed by atoms with Crippen LogP contribution in [0.15, 0.2) is 195 Å². The number of nitrogens with two attached hydrogens (primary N) is 1. The van der Waals surface area contributed by atoms with E-state index >= 15 is 0 Å². The SMILES string of the molecule is Cc1ccc(-c2cc(Cc3n[nH]c(=O)c4ccccc34)ccc2F)cc1.F.Nc1ccc(-c2cc(Cc3n[nH]c(=O)c4ccccc34)ccc2F)cc1.O=c1[nH]nc(Cc2ccc(F)c(Br)c2)c2ccccc12.P. The molecule has 11 aromatic rings. The molecule has 0 aliphatic rings. The van der Waals surface area contributed by atoms with Gasteiger partial charge in [-0.15, -0.1) is 0 Å². The van der Waals surface area contributed by atoms with Crippen LogP contribution in [0.1, 0.15) is 39.3 Å². The van der Waals surface area contributed by atoms with Crippen LogP contribution in [0.4, 0.5) is 23.6 Å². The third-order valence-corrected chi connectivity index (χ3v) is 12.7. The van der Waals surface area contributed by atoms with E-state index in [2.05, 4.69) is 46.5 Å². The molecule has 0 radical (unpaired) electrons. The molecule has 0 saturated heterocycles. The molecule has 11 rings (SSSR count). The summed E-state index contributed by atoms with van der Waals surface area (Å²) in [5.41, 5.74) is 14.6. The Morgan fingerprint density at radius 1 is 0.446 bits per heavy atom. The zero-order valence-electron chi connectivity index (χ0n) is 39.6. The lowest BCUT2D eigenvalue weighted by Crippen LogP contribution is -2.11. The van der Waals surface area contributed by atoms with Crippen LogP contribution >= 0.6 is 25.8 Å². The molecular weight excluding hydrogens is 1030 g/mol. The maximum absolute atomic E-state index is 14.3. The summed E-state index contributed by atoms with van der Waals surface area (Å²) in [5, 5.41) is 24.3. The molecule has 1 atom stereocenters. The van der Waals surface area contributed by atoms with Crippen LogP contribution < -0.4 is 22.4 Å². The number of fused-ring (bicyclic) bond motifs is 3. The molecule has 0 fully saturated rings. The van der Waals surface area contributed by atoms with Gasteiger partial charge in [-0.2, -0.15) is 25.2 Å². The molecule has 0 spiro atoms. The minimum Gasteiger partial charge on any atom is -0.399 e. The average Bonchev–Trinajstić information content (AvgIpc) is 3.40. The minimum atomic E-state index is -0.298. The van der Waals surface area contributed by atoms with E-state index in [4.69, 9.17) is 5.73 Å². The highest BCUT2D eigenvalue weighted by Crippen LogP contribution is 2.29. The quantitative estimate of drug-likeness (QED) is 0.0668. The second-order valence-electron chi connectivity index (χ2n) is 17.0. The van der Waals surface area contributed by atoms with E-state index in [0.717, 1.165) is 66.6 Å². The van der Waals surface area contributed by atoms with Crippen molar-refractivity contribution in [3.63, 3.8) is 0 Å². The summed E-state index contributed by atoms with van der Waals surface area (Å²) in [5.74, 6) is -0.845. The molecule has 74 heavy (non-hydrogen) atoms. The van der Waals surface area contributed by atoms with Crippen molar-refractivity contribution in [2.24, 2.45) is 0 Å². The number of halogens is 5. The summed E-state index contributed by atoms with van der Waals surface area (Å²) in [7, 11) is 0. The predicted molar refractivity (Wildman–Crippen MR) is 296 cm³/mol. The molecule has 0 aliphatic carbocycles. The van der Waals surface area contributed by atoms with Gasteiger partial charge in [0.25, 0.3) is 16.7 Å². The summed E-state index contributed by atoms with van der Waals surface area (Å²) in [6.45, 7) is 2.00. The smallest absolute Gasteiger partial charge is 0.272 e. The topological polar surface area (TPSA) is 163 Å². The molecule has 10 nitrogen and oxygen atoms in total. The number of H-pyrrole nitrogens is 3. The summed E-state index contributed by atoms with van der Waals surface area (Å²) < 4.78 is 42.3. The van der Waals surface area contributed by atoms with Crippen molar-refractivity contribution in [3.8, 4) is 22.3 Å². The lowest BCUT2D eigenvalue weighted by molar-refractivity contribution is 0.620. The van der Waals surface area contributed by atoms with Crippen LogP contribution in [0, 0.1) is 24.4 Å². The van der Waals surface area contributed by atoms with Gasteiger partial charge in [0, 0.05) is 52.2 Å². The molecular formula is C58H47BrF4N7O3P. The van der Waals surface area contributed by atoms with E-state index in [1.165, 1.54) is 18.2 Å². The number of anilines is 1. The number of aromatic nitrogens is 6. The van der Waals surface area contributed by atoms with Crippen LogP contribution in [0.3, 0.4) is 0 Å². The van der Waals surface area contributed by atoms with Gasteiger partial charge in [-0.25, -0.2) is 28.5 Å². The Bertz CT molecular complexity index is 3780. The summed E-state index contributed by atoms with van der Waals surface area (Å²) in [6, 6.07) is 51.8. The van der Waals surface area contributed by atoms with Gasteiger partial charge in [0.15, 0.2) is 0 Å². The molecule has 3 aromatic heterocycles. The highest BCUT2D eigenvalue weighted by molar-refractivity contribution is 9.10. The van der Waals surface area contributed by atoms with Crippen molar-refractivity contribution in [1.82, 2.24) is 30.6 Å². The highest BCUT2D eigenvalue weighted by atomic mass is 79.9. The standard InChI is InChI=1S/C22H17FN2O.C21H16FN3O.C15H10BrFN2O.FH.H3P/c1-14-6-9-16(10-7-14)19-12-15(8-11-20(19)23)13-21-17-4-2-3-5-18(17)22(26)25-24-21;22-19-10-5-13(11-18(19)14-6-8-15(23)9-7-14)12-20-16-3-1-2-4-17(16)21(26)25-24-20;16-12-7-9(5-6-13(12)17)8-14-10-3-1-2-4-11(10)15(20)19-18-14;;/h2-12H,13H2,1H3,(H,25,26);1-11H,12,23H2,(H,25,26);1-7H,8H2,(H,19,20);1H;1H3. The van der Waals surface area contributed by atoms with E-state index < -0.39 is 0 Å². The number of nitrogens with one attached hydrogen (secondary N) is 3. The lowest BCUT2D eigenvalue weighted by Gasteiger charge is -2.09. The molecule has 0 aliphatic heterocycles. The number of rotatable bonds is 8. The fourth-order valence-corrected chi connectivity index (χ4v) is 8.78. The van der Waals surface area contributed by atoms with Crippen LogP contribution in [0.5, 0.6) is 0 Å². The number of aromatic amines is 3. The van der Waals surface area contributed by atoms with E-state index in [1.807, 2.05) is 97.9 Å². The number of benzene rings is 8. The fraction of sp³-hybridized carbons (Fsp3) is 0.0690. The summed E-state index contributed by atoms with van der Waals surface area (Å²) in [4.78, 5) is 35.6. The number of nitrogens with zero attached hydrogens (tertiary/aromatic N) is 3.